The van der Waals surface area contributed by atoms with Crippen molar-refractivity contribution in [3.8, 4) is 0 Å². The number of amides is 1. The molecule has 0 spiro atoms. The van der Waals surface area contributed by atoms with Crippen LogP contribution in [0, 0.1) is 0 Å². The molecule has 0 aliphatic carbocycles. The van der Waals surface area contributed by atoms with Crippen molar-refractivity contribution in [2.45, 2.75) is 19.0 Å². The predicted molar refractivity (Wildman–Crippen MR) is 72.9 cm³/mol. The van der Waals surface area contributed by atoms with Crippen LogP contribution in [0.2, 0.25) is 0 Å². The highest BCUT2D eigenvalue weighted by Gasteiger charge is 2.22. The van der Waals surface area contributed by atoms with Crippen LogP contribution in [-0.2, 0) is 9.53 Å². The van der Waals surface area contributed by atoms with Gasteiger partial charge in [0.1, 0.15) is 6.04 Å². The lowest BCUT2D eigenvalue weighted by Crippen LogP contribution is -2.51. The molecule has 5 heteroatoms. The fourth-order valence-electron chi connectivity index (χ4n) is 1.87. The number of morpholine rings is 1. The first-order valence-corrected chi connectivity index (χ1v) is 5.94. The van der Waals surface area contributed by atoms with Crippen molar-refractivity contribution in [2.75, 3.05) is 19.8 Å². The molecule has 1 aromatic carbocycles. The van der Waals surface area contributed by atoms with Crippen LogP contribution < -0.4 is 10.6 Å². The molecule has 1 aliphatic heterocycles. The van der Waals surface area contributed by atoms with Crippen molar-refractivity contribution in [3.63, 3.8) is 0 Å². The maximum absolute atomic E-state index is 11.9. The van der Waals surface area contributed by atoms with Gasteiger partial charge in [-0.2, -0.15) is 0 Å². The summed E-state index contributed by atoms with van der Waals surface area (Å²) in [4.78, 5) is 11.9. The van der Waals surface area contributed by atoms with Gasteiger partial charge in [0.15, 0.2) is 0 Å². The lowest BCUT2D eigenvalue weighted by atomic mass is 10.1. The summed E-state index contributed by atoms with van der Waals surface area (Å²) in [6.45, 7) is 3.85. The Kier molecular flexibility index (Phi) is 6.12. The van der Waals surface area contributed by atoms with Gasteiger partial charge in [0.25, 0.3) is 0 Å². The first-order valence-electron chi connectivity index (χ1n) is 5.94. The molecule has 1 heterocycles. The molecule has 2 N–H and O–H groups in total. The van der Waals surface area contributed by atoms with Crippen LogP contribution in [0.1, 0.15) is 18.5 Å². The quantitative estimate of drug-likeness (QED) is 0.870. The van der Waals surface area contributed by atoms with E-state index in [9.17, 15) is 4.79 Å². The van der Waals surface area contributed by atoms with Gasteiger partial charge in [-0.3, -0.25) is 4.79 Å². The van der Waals surface area contributed by atoms with Crippen molar-refractivity contribution in [2.24, 2.45) is 0 Å². The topological polar surface area (TPSA) is 50.4 Å². The highest BCUT2D eigenvalue weighted by Crippen LogP contribution is 2.11. The molecule has 4 nitrogen and oxygen atoms in total. The first-order chi connectivity index (χ1) is 8.27. The number of halogens is 1. The Hall–Kier alpha value is -1.10. The Morgan fingerprint density at radius 2 is 2.17 bits per heavy atom. The van der Waals surface area contributed by atoms with Crippen molar-refractivity contribution in [3.05, 3.63) is 35.9 Å². The molecule has 1 saturated heterocycles. The molecule has 100 valence electrons. The van der Waals surface area contributed by atoms with E-state index in [-0.39, 0.29) is 30.4 Å². The van der Waals surface area contributed by atoms with Crippen molar-refractivity contribution >= 4 is 18.3 Å². The molecule has 1 aromatic rings. The second-order valence-electron chi connectivity index (χ2n) is 4.22. The van der Waals surface area contributed by atoms with E-state index in [1.165, 1.54) is 0 Å². The lowest BCUT2D eigenvalue weighted by molar-refractivity contribution is -0.126. The monoisotopic (exact) mass is 270 g/mol. The highest BCUT2D eigenvalue weighted by molar-refractivity contribution is 5.85. The van der Waals surface area contributed by atoms with Gasteiger partial charge in [0.2, 0.25) is 5.91 Å². The van der Waals surface area contributed by atoms with Crippen LogP contribution in [0.5, 0.6) is 0 Å². The summed E-state index contributed by atoms with van der Waals surface area (Å²) in [5.74, 6) is 0.000975. The number of carbonyl (C=O) groups excluding carboxylic acids is 1. The third kappa shape index (κ3) is 3.98. The summed E-state index contributed by atoms with van der Waals surface area (Å²) in [7, 11) is 0. The molecule has 1 fully saturated rings. The molecule has 1 aliphatic rings. The van der Waals surface area contributed by atoms with Gasteiger partial charge >= 0.3 is 0 Å². The first kappa shape index (κ1) is 15.0. The number of benzene rings is 1. The maximum atomic E-state index is 11.9. The number of carbonyl (C=O) groups is 1. The Balaban J connectivity index is 0.00000162. The molecule has 1 amide bonds. The molecule has 2 rings (SSSR count). The fraction of sp³-hybridized carbons (Fsp3) is 0.462. The average Bonchev–Trinajstić information content (AvgIpc) is 2.40. The number of hydrogen-bond donors (Lipinski definition) is 2. The molecule has 0 saturated carbocycles. The number of nitrogens with one attached hydrogen (secondary N) is 2. The minimum Gasteiger partial charge on any atom is -0.378 e. The van der Waals surface area contributed by atoms with Crippen LogP contribution in [0.25, 0.3) is 0 Å². The largest absolute Gasteiger partial charge is 0.378 e. The van der Waals surface area contributed by atoms with Crippen LogP contribution in [0.4, 0.5) is 0 Å². The second kappa shape index (κ2) is 7.36. The zero-order valence-corrected chi connectivity index (χ0v) is 11.2. The van der Waals surface area contributed by atoms with Crippen molar-refractivity contribution < 1.29 is 9.53 Å². The smallest absolute Gasteiger partial charge is 0.240 e. The van der Waals surface area contributed by atoms with Crippen LogP contribution in [0.3, 0.4) is 0 Å². The van der Waals surface area contributed by atoms with E-state index in [0.717, 1.165) is 12.1 Å². The third-order valence-electron chi connectivity index (χ3n) is 2.90. The third-order valence-corrected chi connectivity index (χ3v) is 2.90. The number of ether oxygens (including phenoxy) is 1. The van der Waals surface area contributed by atoms with E-state index < -0.39 is 0 Å². The normalized spacial score (nSPS) is 20.6. The molecule has 1 unspecified atom stereocenters. The van der Waals surface area contributed by atoms with Crippen molar-refractivity contribution in [1.82, 2.24) is 10.6 Å². The van der Waals surface area contributed by atoms with E-state index in [1.54, 1.807) is 0 Å². The summed E-state index contributed by atoms with van der Waals surface area (Å²) in [5, 5.41) is 6.12. The highest BCUT2D eigenvalue weighted by atomic mass is 35.5. The summed E-state index contributed by atoms with van der Waals surface area (Å²) in [6.07, 6.45) is 0. The van der Waals surface area contributed by atoms with E-state index in [4.69, 9.17) is 4.74 Å². The maximum Gasteiger partial charge on any atom is 0.240 e. The van der Waals surface area contributed by atoms with Gasteiger partial charge in [-0.05, 0) is 12.5 Å². The van der Waals surface area contributed by atoms with Gasteiger partial charge in [0, 0.05) is 6.54 Å². The second-order valence-corrected chi connectivity index (χ2v) is 4.22. The van der Waals surface area contributed by atoms with Gasteiger partial charge in [-0.1, -0.05) is 30.3 Å². The molecule has 0 aromatic heterocycles. The molecule has 0 bridgehead atoms. The minimum absolute atomic E-state index is 0. The summed E-state index contributed by atoms with van der Waals surface area (Å²) in [5.41, 5.74) is 1.11. The summed E-state index contributed by atoms with van der Waals surface area (Å²) in [6, 6.07) is 9.72. The van der Waals surface area contributed by atoms with Crippen LogP contribution >= 0.6 is 12.4 Å². The summed E-state index contributed by atoms with van der Waals surface area (Å²) >= 11 is 0. The van der Waals surface area contributed by atoms with E-state index in [0.29, 0.717) is 13.2 Å². The summed E-state index contributed by atoms with van der Waals surface area (Å²) < 4.78 is 5.27. The minimum atomic E-state index is -0.227. The Morgan fingerprint density at radius 3 is 2.78 bits per heavy atom. The molecule has 0 radical (unpaired) electrons. The van der Waals surface area contributed by atoms with Gasteiger partial charge in [0.05, 0.1) is 19.3 Å². The predicted octanol–water partition coefficient (Wildman–Crippen LogP) is 1.27. The zero-order chi connectivity index (χ0) is 12.1. The van der Waals surface area contributed by atoms with Gasteiger partial charge < -0.3 is 15.4 Å². The fourth-order valence-corrected chi connectivity index (χ4v) is 1.87. The van der Waals surface area contributed by atoms with Gasteiger partial charge in [-0.15, -0.1) is 12.4 Å². The standard InChI is InChI=1S/C13H18N2O2.ClH/c1-10(11-5-3-2-4-6-11)15-13(16)12-9-17-8-7-14-12;/h2-6,10,12,14H,7-9H2,1H3,(H,15,16);1H/t10-,12?;/m1./s1. The number of hydrogen-bond acceptors (Lipinski definition) is 3. The van der Waals surface area contributed by atoms with Crippen molar-refractivity contribution in [1.29, 1.82) is 0 Å². The van der Waals surface area contributed by atoms with E-state index >= 15 is 0 Å². The van der Waals surface area contributed by atoms with E-state index in [2.05, 4.69) is 10.6 Å². The lowest BCUT2D eigenvalue weighted by Gasteiger charge is -2.24. The molecular formula is C13H19ClN2O2. The molecular weight excluding hydrogens is 252 g/mol. The van der Waals surface area contributed by atoms with Crippen LogP contribution in [-0.4, -0.2) is 31.7 Å². The number of rotatable bonds is 3. The van der Waals surface area contributed by atoms with Crippen LogP contribution in [0.15, 0.2) is 30.3 Å². The molecule has 18 heavy (non-hydrogen) atoms. The van der Waals surface area contributed by atoms with Gasteiger partial charge in [-0.25, -0.2) is 0 Å². The average molecular weight is 271 g/mol. The SMILES string of the molecule is C[C@@H](NC(=O)C1COCCN1)c1ccccc1.Cl. The Labute approximate surface area is 114 Å². The van der Waals surface area contributed by atoms with E-state index in [1.807, 2.05) is 37.3 Å². The zero-order valence-electron chi connectivity index (χ0n) is 10.4. The Morgan fingerprint density at radius 1 is 1.44 bits per heavy atom. The molecule has 2 atom stereocenters. The Bertz CT molecular complexity index is 367.